The van der Waals surface area contributed by atoms with Gasteiger partial charge in [-0.2, -0.15) is 0 Å². The molecule has 0 rings (SSSR count). The molecule has 0 amide bonds. The van der Waals surface area contributed by atoms with Gasteiger partial charge in [-0.05, 0) is 26.2 Å². The Bertz CT molecular complexity index is 207. The lowest BCUT2D eigenvalue weighted by Gasteiger charge is -2.24. The summed E-state index contributed by atoms with van der Waals surface area (Å²) in [5.41, 5.74) is -0.288. The number of methoxy groups -OCH3 is 1. The first-order chi connectivity index (χ1) is 7.37. The Balaban J connectivity index is 4.15. The quantitative estimate of drug-likeness (QED) is 0.697. The molecule has 0 aromatic rings. The number of hydrogen-bond acceptors (Lipinski definition) is 3. The molecule has 0 aromatic carbocycles. The van der Waals surface area contributed by atoms with E-state index in [1.54, 1.807) is 7.11 Å². The first-order valence-electron chi connectivity index (χ1n) is 6.13. The second-order valence-corrected chi connectivity index (χ2v) is 4.95. The molecule has 0 fully saturated rings. The van der Waals surface area contributed by atoms with E-state index in [0.717, 1.165) is 12.8 Å². The van der Waals surface area contributed by atoms with Gasteiger partial charge in [-0.1, -0.05) is 26.7 Å². The zero-order chi connectivity index (χ0) is 12.8. The predicted octanol–water partition coefficient (Wildman–Crippen LogP) is 2.56. The Labute approximate surface area is 99.2 Å². The minimum atomic E-state index is -0.803. The zero-order valence-electron chi connectivity index (χ0n) is 11.2. The molecule has 0 aliphatic heterocycles. The molecule has 3 nitrogen and oxygen atoms in total. The van der Waals surface area contributed by atoms with E-state index in [-0.39, 0.29) is 17.3 Å². The summed E-state index contributed by atoms with van der Waals surface area (Å²) in [4.78, 5) is 11.8. The smallest absolute Gasteiger partial charge is 0.161 e. The minimum absolute atomic E-state index is 0.0566. The second kappa shape index (κ2) is 7.02. The molecule has 1 N–H and O–H groups in total. The first-order valence-corrected chi connectivity index (χ1v) is 6.13. The van der Waals surface area contributed by atoms with Crippen molar-refractivity contribution >= 4 is 5.78 Å². The van der Waals surface area contributed by atoms with Crippen LogP contribution in [0.2, 0.25) is 0 Å². The Morgan fingerprint density at radius 3 is 2.19 bits per heavy atom. The largest absolute Gasteiger partial charge is 0.385 e. The average Bonchev–Trinajstić information content (AvgIpc) is 2.27. The van der Waals surface area contributed by atoms with Gasteiger partial charge in [-0.15, -0.1) is 0 Å². The van der Waals surface area contributed by atoms with Crippen LogP contribution in [0.3, 0.4) is 0 Å². The van der Waals surface area contributed by atoms with Gasteiger partial charge in [0, 0.05) is 13.5 Å². The van der Waals surface area contributed by atoms with Crippen molar-refractivity contribution in [3.63, 3.8) is 0 Å². The molecule has 0 saturated carbocycles. The van der Waals surface area contributed by atoms with Crippen LogP contribution in [0.4, 0.5) is 0 Å². The van der Waals surface area contributed by atoms with Crippen LogP contribution in [0, 0.1) is 5.92 Å². The third kappa shape index (κ3) is 5.08. The number of carbonyl (C=O) groups excluding carboxylic acids is 1. The number of aliphatic hydroxyl groups is 1. The maximum atomic E-state index is 11.8. The van der Waals surface area contributed by atoms with E-state index in [2.05, 4.69) is 0 Å². The van der Waals surface area contributed by atoms with Gasteiger partial charge in [-0.25, -0.2) is 0 Å². The van der Waals surface area contributed by atoms with Gasteiger partial charge in [0.2, 0.25) is 0 Å². The molecule has 0 spiro atoms. The summed E-state index contributed by atoms with van der Waals surface area (Å²) in [6.07, 6.45) is 1.93. The van der Waals surface area contributed by atoms with E-state index in [4.69, 9.17) is 4.74 Å². The van der Waals surface area contributed by atoms with Crippen molar-refractivity contribution in [2.24, 2.45) is 5.92 Å². The average molecular weight is 230 g/mol. The highest BCUT2D eigenvalue weighted by molar-refractivity contribution is 5.83. The zero-order valence-corrected chi connectivity index (χ0v) is 11.2. The van der Waals surface area contributed by atoms with Gasteiger partial charge >= 0.3 is 0 Å². The van der Waals surface area contributed by atoms with Gasteiger partial charge in [0.1, 0.15) is 6.10 Å². The SMILES string of the molecule is CCC(CC)C(O)C(=O)CCC(C)(C)OC. The molecule has 96 valence electrons. The molecule has 0 aliphatic carbocycles. The van der Waals surface area contributed by atoms with Crippen LogP contribution in [0.15, 0.2) is 0 Å². The van der Waals surface area contributed by atoms with E-state index in [9.17, 15) is 9.90 Å². The van der Waals surface area contributed by atoms with Crippen molar-refractivity contribution in [2.75, 3.05) is 7.11 Å². The standard InChI is InChI=1S/C13H26O3/c1-6-10(7-2)12(15)11(14)8-9-13(3,4)16-5/h10,12,15H,6-9H2,1-5H3. The highest BCUT2D eigenvalue weighted by Gasteiger charge is 2.25. The number of rotatable bonds is 8. The Kier molecular flexibility index (Phi) is 6.84. The number of hydrogen-bond donors (Lipinski definition) is 1. The van der Waals surface area contributed by atoms with Gasteiger partial charge in [0.25, 0.3) is 0 Å². The maximum Gasteiger partial charge on any atom is 0.161 e. The van der Waals surface area contributed by atoms with Crippen molar-refractivity contribution in [1.29, 1.82) is 0 Å². The molecular formula is C13H26O3. The van der Waals surface area contributed by atoms with E-state index >= 15 is 0 Å². The normalized spacial score (nSPS) is 14.2. The third-order valence-electron chi connectivity index (χ3n) is 3.35. The van der Waals surface area contributed by atoms with Crippen LogP contribution in [0.25, 0.3) is 0 Å². The summed E-state index contributed by atoms with van der Waals surface area (Å²) in [7, 11) is 1.64. The van der Waals surface area contributed by atoms with Crippen LogP contribution < -0.4 is 0 Å². The molecule has 0 heterocycles. The molecule has 0 aromatic heterocycles. The fraction of sp³-hybridized carbons (Fsp3) is 0.923. The van der Waals surface area contributed by atoms with Crippen LogP contribution in [0.1, 0.15) is 53.4 Å². The van der Waals surface area contributed by atoms with Crippen molar-refractivity contribution in [1.82, 2.24) is 0 Å². The summed E-state index contributed by atoms with van der Waals surface area (Å²) in [6.45, 7) is 7.90. The highest BCUT2D eigenvalue weighted by atomic mass is 16.5. The highest BCUT2D eigenvalue weighted by Crippen LogP contribution is 2.20. The van der Waals surface area contributed by atoms with Gasteiger partial charge in [-0.3, -0.25) is 4.79 Å². The molecule has 1 unspecified atom stereocenters. The molecule has 16 heavy (non-hydrogen) atoms. The van der Waals surface area contributed by atoms with Crippen LogP contribution >= 0.6 is 0 Å². The lowest BCUT2D eigenvalue weighted by Crippen LogP contribution is -2.31. The van der Waals surface area contributed by atoms with Crippen LogP contribution in [-0.2, 0) is 9.53 Å². The third-order valence-corrected chi connectivity index (χ3v) is 3.35. The fourth-order valence-corrected chi connectivity index (χ4v) is 1.67. The number of carbonyl (C=O) groups is 1. The lowest BCUT2D eigenvalue weighted by molar-refractivity contribution is -0.131. The Hall–Kier alpha value is -0.410. The fourth-order valence-electron chi connectivity index (χ4n) is 1.67. The van der Waals surface area contributed by atoms with Gasteiger partial charge < -0.3 is 9.84 Å². The summed E-state index contributed by atoms with van der Waals surface area (Å²) >= 11 is 0. The molecule has 0 aliphatic rings. The minimum Gasteiger partial charge on any atom is -0.385 e. The van der Waals surface area contributed by atoms with Gasteiger partial charge in [0.15, 0.2) is 5.78 Å². The maximum absolute atomic E-state index is 11.8. The van der Waals surface area contributed by atoms with Crippen LogP contribution in [0.5, 0.6) is 0 Å². The van der Waals surface area contributed by atoms with E-state index < -0.39 is 6.10 Å². The topological polar surface area (TPSA) is 46.5 Å². The number of ketones is 1. The summed E-state index contributed by atoms with van der Waals surface area (Å²) in [5.74, 6) is 0.0389. The Morgan fingerprint density at radius 1 is 1.31 bits per heavy atom. The summed E-state index contributed by atoms with van der Waals surface area (Å²) < 4.78 is 5.25. The second-order valence-electron chi connectivity index (χ2n) is 4.95. The number of Topliss-reactive ketones (excluding diaryl/α,β-unsaturated/α-hetero) is 1. The van der Waals surface area contributed by atoms with Crippen molar-refractivity contribution in [2.45, 2.75) is 65.1 Å². The van der Waals surface area contributed by atoms with Crippen molar-refractivity contribution in [3.8, 4) is 0 Å². The molecule has 3 heteroatoms. The lowest BCUT2D eigenvalue weighted by atomic mass is 9.90. The molecule has 0 radical (unpaired) electrons. The summed E-state index contributed by atoms with van der Waals surface area (Å²) in [6, 6.07) is 0. The van der Waals surface area contributed by atoms with E-state index in [1.807, 2.05) is 27.7 Å². The van der Waals surface area contributed by atoms with Crippen LogP contribution in [-0.4, -0.2) is 29.7 Å². The summed E-state index contributed by atoms with van der Waals surface area (Å²) in [5, 5.41) is 9.86. The first kappa shape index (κ1) is 15.6. The number of ether oxygens (including phenoxy) is 1. The van der Waals surface area contributed by atoms with Crippen molar-refractivity contribution < 1.29 is 14.6 Å². The van der Waals surface area contributed by atoms with Gasteiger partial charge in [0.05, 0.1) is 5.60 Å². The van der Waals surface area contributed by atoms with E-state index in [0.29, 0.717) is 12.8 Å². The van der Waals surface area contributed by atoms with Crippen molar-refractivity contribution in [3.05, 3.63) is 0 Å². The monoisotopic (exact) mass is 230 g/mol. The molecule has 1 atom stereocenters. The Morgan fingerprint density at radius 2 is 1.81 bits per heavy atom. The molecule has 0 bridgehead atoms. The number of aliphatic hydroxyl groups excluding tert-OH is 1. The van der Waals surface area contributed by atoms with E-state index in [1.165, 1.54) is 0 Å². The predicted molar refractivity (Wildman–Crippen MR) is 65.4 cm³/mol. The molecule has 0 saturated heterocycles. The molecular weight excluding hydrogens is 204 g/mol.